The minimum absolute atomic E-state index is 0.00640. The summed E-state index contributed by atoms with van der Waals surface area (Å²) in [6.45, 7) is 4.29. The Morgan fingerprint density at radius 1 is 1.02 bits per heavy atom. The first-order valence-electron chi connectivity index (χ1n) is 15.6. The Hall–Kier alpha value is -5.36. The number of carbonyl (C=O) groups is 3. The standard InChI is InChI=1S/C35H35ClN6O6/c1-21(2)30-33-39-32(22-8-5-4-6-9-22)40-42(33)14-15-47-26-11-7-10-23(17-26)34(44)37-12-13-41(20-29(43)38-30)35(45)28-18-24-16-25(36)19-27(46-3)31(24)48-28/h4-11,16-19,21,30H,12-15,20H2,1-3H3,(H,37,44)(H,38,43)/t30-/m0/s1. The molecule has 1 aliphatic heterocycles. The number of nitrogens with zero attached hydrogens (tertiary/aromatic N) is 4. The van der Waals surface area contributed by atoms with Crippen molar-refractivity contribution in [3.8, 4) is 22.9 Å². The second-order valence-corrected chi connectivity index (χ2v) is 12.1. The molecule has 0 saturated heterocycles. The summed E-state index contributed by atoms with van der Waals surface area (Å²) >= 11 is 6.24. The molecule has 1 aliphatic rings. The van der Waals surface area contributed by atoms with Crippen LogP contribution in [0, 0.1) is 5.92 Å². The summed E-state index contributed by atoms with van der Waals surface area (Å²) in [6.07, 6.45) is 0. The summed E-state index contributed by atoms with van der Waals surface area (Å²) in [4.78, 5) is 46.9. The lowest BCUT2D eigenvalue weighted by Crippen LogP contribution is -2.45. The third-order valence-electron chi connectivity index (χ3n) is 7.93. The first-order valence-corrected chi connectivity index (χ1v) is 15.9. The molecule has 12 nitrogen and oxygen atoms in total. The Labute approximate surface area is 282 Å². The van der Waals surface area contributed by atoms with Crippen LogP contribution in [-0.2, 0) is 11.3 Å². The Balaban J connectivity index is 1.35. The summed E-state index contributed by atoms with van der Waals surface area (Å²) in [5, 5.41) is 11.7. The van der Waals surface area contributed by atoms with E-state index in [1.54, 1.807) is 47.1 Å². The number of methoxy groups -OCH3 is 1. The highest BCUT2D eigenvalue weighted by molar-refractivity contribution is 6.31. The van der Waals surface area contributed by atoms with E-state index in [0.29, 0.717) is 51.2 Å². The van der Waals surface area contributed by atoms with E-state index in [1.165, 1.54) is 12.0 Å². The molecule has 5 aromatic rings. The number of aromatic nitrogens is 3. The molecular weight excluding hydrogens is 636 g/mol. The molecule has 248 valence electrons. The zero-order valence-corrected chi connectivity index (χ0v) is 27.5. The van der Waals surface area contributed by atoms with E-state index >= 15 is 0 Å². The molecule has 2 aromatic heterocycles. The lowest BCUT2D eigenvalue weighted by Gasteiger charge is -2.25. The van der Waals surface area contributed by atoms with E-state index in [9.17, 15) is 14.4 Å². The second-order valence-electron chi connectivity index (χ2n) is 11.7. The molecule has 0 saturated carbocycles. The number of furan rings is 1. The van der Waals surface area contributed by atoms with Gasteiger partial charge < -0.3 is 29.4 Å². The molecule has 0 radical (unpaired) electrons. The van der Waals surface area contributed by atoms with Gasteiger partial charge >= 0.3 is 0 Å². The molecule has 3 heterocycles. The smallest absolute Gasteiger partial charge is 0.290 e. The maximum atomic E-state index is 13.9. The number of rotatable bonds is 4. The quantitative estimate of drug-likeness (QED) is 0.268. The average Bonchev–Trinajstić information content (AvgIpc) is 3.70. The molecule has 0 fully saturated rings. The first-order chi connectivity index (χ1) is 23.2. The van der Waals surface area contributed by atoms with Gasteiger partial charge in [0.05, 0.1) is 19.7 Å². The third kappa shape index (κ3) is 7.13. The number of benzene rings is 3. The number of amides is 3. The largest absolute Gasteiger partial charge is 0.493 e. The molecule has 0 aliphatic carbocycles. The normalized spacial score (nSPS) is 16.1. The van der Waals surface area contributed by atoms with Gasteiger partial charge in [-0.05, 0) is 36.2 Å². The van der Waals surface area contributed by atoms with Crippen molar-refractivity contribution in [2.45, 2.75) is 26.4 Å². The van der Waals surface area contributed by atoms with Crippen molar-refractivity contribution in [3.05, 3.63) is 95.0 Å². The molecule has 48 heavy (non-hydrogen) atoms. The predicted molar refractivity (Wildman–Crippen MR) is 179 cm³/mol. The topological polar surface area (TPSA) is 141 Å². The van der Waals surface area contributed by atoms with Gasteiger partial charge in [-0.25, -0.2) is 9.67 Å². The van der Waals surface area contributed by atoms with Crippen molar-refractivity contribution in [1.82, 2.24) is 30.3 Å². The maximum Gasteiger partial charge on any atom is 0.290 e. The molecule has 3 aromatic carbocycles. The minimum atomic E-state index is -0.546. The van der Waals surface area contributed by atoms with Crippen molar-refractivity contribution >= 4 is 40.3 Å². The predicted octanol–water partition coefficient (Wildman–Crippen LogP) is 5.13. The molecule has 13 heteroatoms. The highest BCUT2D eigenvalue weighted by Gasteiger charge is 2.29. The van der Waals surface area contributed by atoms with E-state index in [2.05, 4.69) is 10.6 Å². The molecule has 6 rings (SSSR count). The van der Waals surface area contributed by atoms with Crippen LogP contribution in [0.4, 0.5) is 0 Å². The number of nitrogens with one attached hydrogen (secondary N) is 2. The van der Waals surface area contributed by atoms with E-state index in [1.807, 2.05) is 44.2 Å². The Morgan fingerprint density at radius 3 is 2.58 bits per heavy atom. The van der Waals surface area contributed by atoms with Crippen molar-refractivity contribution in [2.75, 3.05) is 33.4 Å². The molecule has 0 spiro atoms. The van der Waals surface area contributed by atoms with Gasteiger partial charge in [0.1, 0.15) is 18.9 Å². The number of carbonyl (C=O) groups excluding carboxylic acids is 3. The number of halogens is 1. The lowest BCUT2D eigenvalue weighted by molar-refractivity contribution is -0.123. The third-order valence-corrected chi connectivity index (χ3v) is 8.15. The zero-order valence-electron chi connectivity index (χ0n) is 26.7. The highest BCUT2D eigenvalue weighted by atomic mass is 35.5. The SMILES string of the molecule is COc1cc(Cl)cc2cc(C(=O)N3CCNC(=O)c4cccc(c4)OCCn4nc(-c5ccccc5)nc4[C@H](C(C)C)NC(=O)C3)oc12. The van der Waals surface area contributed by atoms with E-state index in [-0.39, 0.29) is 43.8 Å². The summed E-state index contributed by atoms with van der Waals surface area (Å²) < 4.78 is 19.1. The van der Waals surface area contributed by atoms with Crippen LogP contribution >= 0.6 is 11.6 Å². The van der Waals surface area contributed by atoms with Crippen molar-refractivity contribution in [3.63, 3.8) is 0 Å². The van der Waals surface area contributed by atoms with E-state index in [4.69, 9.17) is 35.6 Å². The van der Waals surface area contributed by atoms with Gasteiger partial charge in [0.25, 0.3) is 11.8 Å². The summed E-state index contributed by atoms with van der Waals surface area (Å²) in [5.74, 6) is 0.537. The zero-order chi connectivity index (χ0) is 33.8. The monoisotopic (exact) mass is 670 g/mol. The van der Waals surface area contributed by atoms with Gasteiger partial charge in [0, 0.05) is 40.7 Å². The maximum absolute atomic E-state index is 13.9. The first kappa shape index (κ1) is 32.6. The number of ether oxygens (including phenoxy) is 2. The van der Waals surface area contributed by atoms with Crippen LogP contribution in [0.1, 0.15) is 46.6 Å². The van der Waals surface area contributed by atoms with Gasteiger partial charge in [-0.1, -0.05) is 61.8 Å². The molecular formula is C35H35ClN6O6. The van der Waals surface area contributed by atoms with Crippen LogP contribution in [0.5, 0.6) is 11.5 Å². The van der Waals surface area contributed by atoms with E-state index < -0.39 is 17.9 Å². The molecule has 2 N–H and O–H groups in total. The van der Waals surface area contributed by atoms with Crippen LogP contribution in [0.15, 0.2) is 77.2 Å². The minimum Gasteiger partial charge on any atom is -0.493 e. The fourth-order valence-electron chi connectivity index (χ4n) is 5.51. The Bertz CT molecular complexity index is 1960. The van der Waals surface area contributed by atoms with Crippen molar-refractivity contribution < 1.29 is 28.3 Å². The van der Waals surface area contributed by atoms with Crippen LogP contribution in [0.3, 0.4) is 0 Å². The number of hydrogen-bond donors (Lipinski definition) is 2. The van der Waals surface area contributed by atoms with Crippen LogP contribution < -0.4 is 20.1 Å². The average molecular weight is 671 g/mol. The Morgan fingerprint density at radius 2 is 1.81 bits per heavy atom. The van der Waals surface area contributed by atoms with E-state index in [0.717, 1.165) is 5.56 Å². The second kappa shape index (κ2) is 14.2. The van der Waals surface area contributed by atoms with Gasteiger partial charge in [-0.2, -0.15) is 5.10 Å². The molecule has 2 bridgehead atoms. The van der Waals surface area contributed by atoms with Gasteiger partial charge in [-0.15, -0.1) is 0 Å². The summed E-state index contributed by atoms with van der Waals surface area (Å²) in [6, 6.07) is 20.7. The lowest BCUT2D eigenvalue weighted by atomic mass is 10.0. The summed E-state index contributed by atoms with van der Waals surface area (Å²) in [5.41, 5.74) is 1.57. The Kier molecular flexibility index (Phi) is 9.62. The van der Waals surface area contributed by atoms with Crippen LogP contribution in [-0.4, -0.2) is 70.7 Å². The molecule has 3 amide bonds. The van der Waals surface area contributed by atoms with Gasteiger partial charge in [0.15, 0.2) is 28.7 Å². The summed E-state index contributed by atoms with van der Waals surface area (Å²) in [7, 11) is 1.48. The fraction of sp³-hybridized carbons (Fsp3) is 0.286. The van der Waals surface area contributed by atoms with Crippen molar-refractivity contribution in [2.24, 2.45) is 5.92 Å². The molecule has 1 atom stereocenters. The number of hydrogen-bond acceptors (Lipinski definition) is 8. The fourth-order valence-corrected chi connectivity index (χ4v) is 5.73. The molecule has 0 unspecified atom stereocenters. The van der Waals surface area contributed by atoms with Crippen LogP contribution in [0.25, 0.3) is 22.4 Å². The number of fused-ring (bicyclic) bond motifs is 4. The van der Waals surface area contributed by atoms with Crippen molar-refractivity contribution in [1.29, 1.82) is 0 Å². The van der Waals surface area contributed by atoms with Gasteiger partial charge in [0.2, 0.25) is 5.91 Å². The van der Waals surface area contributed by atoms with Gasteiger partial charge in [-0.3, -0.25) is 14.4 Å². The van der Waals surface area contributed by atoms with Crippen LogP contribution in [0.2, 0.25) is 5.02 Å². The highest BCUT2D eigenvalue weighted by Crippen LogP contribution is 2.33.